The zero-order valence-electron chi connectivity index (χ0n) is 14.1. The molecule has 1 aliphatic rings. The highest BCUT2D eigenvalue weighted by atomic mass is 19.4. The summed E-state index contributed by atoms with van der Waals surface area (Å²) < 4.78 is 57.1. The molecule has 1 aliphatic heterocycles. The Labute approximate surface area is 150 Å². The van der Waals surface area contributed by atoms with Gasteiger partial charge in [0.05, 0.1) is 31.1 Å². The summed E-state index contributed by atoms with van der Waals surface area (Å²) in [5, 5.41) is 9.48. The Bertz CT molecular complexity index is 808. The summed E-state index contributed by atoms with van der Waals surface area (Å²) in [5.74, 6) is -0.143. The number of carbonyl (C=O) groups is 1. The van der Waals surface area contributed by atoms with Gasteiger partial charge in [-0.2, -0.15) is 13.2 Å². The molecule has 0 bridgehead atoms. The van der Waals surface area contributed by atoms with Gasteiger partial charge in [0, 0.05) is 25.7 Å². The fourth-order valence-corrected chi connectivity index (χ4v) is 2.59. The van der Waals surface area contributed by atoms with Gasteiger partial charge >= 0.3 is 6.18 Å². The lowest BCUT2D eigenvalue weighted by Gasteiger charge is -2.10. The first kappa shape index (κ1) is 19.0. The van der Waals surface area contributed by atoms with E-state index >= 15 is 0 Å². The summed E-state index contributed by atoms with van der Waals surface area (Å²) in [6, 6.07) is -0.609. The van der Waals surface area contributed by atoms with Gasteiger partial charge in [0.15, 0.2) is 11.5 Å². The maximum Gasteiger partial charge on any atom is 0.434 e. The number of nitrogens with one attached hydrogen (secondary N) is 2. The molecule has 1 saturated heterocycles. The van der Waals surface area contributed by atoms with Gasteiger partial charge in [0.2, 0.25) is 11.8 Å². The summed E-state index contributed by atoms with van der Waals surface area (Å²) in [6.45, 7) is 0.178. The van der Waals surface area contributed by atoms with Crippen molar-refractivity contribution in [2.45, 2.75) is 31.4 Å². The van der Waals surface area contributed by atoms with Gasteiger partial charge in [-0.25, -0.2) is 19.0 Å². The number of halogens is 4. The lowest BCUT2D eigenvalue weighted by atomic mass is 10.2. The average Bonchev–Trinajstić information content (AvgIpc) is 3.25. The predicted octanol–water partition coefficient (Wildman–Crippen LogP) is 1.01. The van der Waals surface area contributed by atoms with Crippen molar-refractivity contribution >= 4 is 5.91 Å². The first-order chi connectivity index (χ1) is 12.8. The summed E-state index contributed by atoms with van der Waals surface area (Å²) in [5.41, 5.74) is -0.643. The lowest BCUT2D eigenvalue weighted by Crippen LogP contribution is -2.40. The molecule has 1 fully saturated rings. The second-order valence-electron chi connectivity index (χ2n) is 5.88. The molecule has 2 aromatic heterocycles. The Morgan fingerprint density at radius 3 is 2.74 bits per heavy atom. The molecule has 2 atom stereocenters. The van der Waals surface area contributed by atoms with Crippen molar-refractivity contribution in [2.75, 3.05) is 13.7 Å². The molecule has 3 rings (SSSR count). The molecule has 2 aromatic rings. The Kier molecular flexibility index (Phi) is 5.26. The summed E-state index contributed by atoms with van der Waals surface area (Å²) in [7, 11) is 1.36. The maximum atomic E-state index is 13.2. The molecule has 0 aliphatic carbocycles. The van der Waals surface area contributed by atoms with Crippen LogP contribution in [0, 0.1) is 0 Å². The third-order valence-corrected chi connectivity index (χ3v) is 3.95. The van der Waals surface area contributed by atoms with Crippen LogP contribution in [0.15, 0.2) is 18.6 Å². The zero-order valence-corrected chi connectivity index (χ0v) is 14.1. The van der Waals surface area contributed by atoms with Crippen LogP contribution in [0.5, 0.6) is 5.88 Å². The molecule has 2 N–H and O–H groups in total. The number of hydrogen-bond donors (Lipinski definition) is 2. The van der Waals surface area contributed by atoms with E-state index in [1.54, 1.807) is 0 Å². The maximum absolute atomic E-state index is 13.2. The number of rotatable bonds is 5. The highest BCUT2D eigenvalue weighted by molar-refractivity contribution is 5.82. The van der Waals surface area contributed by atoms with Crippen molar-refractivity contribution in [3.05, 3.63) is 29.8 Å². The molecule has 0 saturated carbocycles. The van der Waals surface area contributed by atoms with Crippen molar-refractivity contribution < 1.29 is 27.1 Å². The second-order valence-corrected chi connectivity index (χ2v) is 5.88. The number of ether oxygens (including phenoxy) is 1. The Balaban J connectivity index is 1.70. The number of methoxy groups -OCH3 is 1. The third kappa shape index (κ3) is 4.32. The highest BCUT2D eigenvalue weighted by Crippen LogP contribution is 2.27. The standard InChI is InChI=1S/C15H16F4N6O2/c1-27-14-8(3-23-13(26)10-2-9(16)4-20-10)7-25(24-14)12-6-21-11(5-22-12)15(17,18)19/h5-7,9-10,20H,2-4H2,1H3,(H,23,26)/t9-,10-/m1/s1. The molecule has 3 heterocycles. The average molecular weight is 388 g/mol. The van der Waals surface area contributed by atoms with Gasteiger partial charge < -0.3 is 15.4 Å². The van der Waals surface area contributed by atoms with Crippen LogP contribution in [0.2, 0.25) is 0 Å². The van der Waals surface area contributed by atoms with Crippen LogP contribution in [-0.4, -0.2) is 51.5 Å². The summed E-state index contributed by atoms with van der Waals surface area (Å²) in [6.07, 6.45) is -2.56. The minimum Gasteiger partial charge on any atom is -0.480 e. The van der Waals surface area contributed by atoms with E-state index in [9.17, 15) is 22.4 Å². The van der Waals surface area contributed by atoms with E-state index in [2.05, 4.69) is 25.7 Å². The third-order valence-electron chi connectivity index (χ3n) is 3.95. The zero-order chi connectivity index (χ0) is 19.6. The summed E-state index contributed by atoms with van der Waals surface area (Å²) >= 11 is 0. The van der Waals surface area contributed by atoms with Crippen LogP contribution in [0.3, 0.4) is 0 Å². The highest BCUT2D eigenvalue weighted by Gasteiger charge is 2.33. The molecule has 146 valence electrons. The second kappa shape index (κ2) is 7.47. The van der Waals surface area contributed by atoms with Gasteiger partial charge in [-0.15, -0.1) is 5.10 Å². The van der Waals surface area contributed by atoms with Crippen LogP contribution in [0.4, 0.5) is 17.6 Å². The van der Waals surface area contributed by atoms with Gasteiger partial charge in [0.25, 0.3) is 0 Å². The number of hydrogen-bond acceptors (Lipinski definition) is 6. The molecule has 8 nitrogen and oxygen atoms in total. The Hall–Kier alpha value is -2.76. The van der Waals surface area contributed by atoms with Crippen LogP contribution < -0.4 is 15.4 Å². The van der Waals surface area contributed by atoms with Crippen molar-refractivity contribution in [3.63, 3.8) is 0 Å². The van der Waals surface area contributed by atoms with Crippen LogP contribution >= 0.6 is 0 Å². The predicted molar refractivity (Wildman–Crippen MR) is 83.9 cm³/mol. The number of nitrogens with zero attached hydrogens (tertiary/aromatic N) is 4. The first-order valence-corrected chi connectivity index (χ1v) is 7.95. The first-order valence-electron chi connectivity index (χ1n) is 7.95. The Morgan fingerprint density at radius 2 is 2.19 bits per heavy atom. The number of carbonyl (C=O) groups excluding carboxylic acids is 1. The molecule has 0 aromatic carbocycles. The van der Waals surface area contributed by atoms with Crippen molar-refractivity contribution in [1.29, 1.82) is 0 Å². The van der Waals surface area contributed by atoms with Crippen molar-refractivity contribution in [3.8, 4) is 11.7 Å². The fourth-order valence-electron chi connectivity index (χ4n) is 2.59. The largest absolute Gasteiger partial charge is 0.480 e. The molecule has 0 unspecified atom stereocenters. The van der Waals surface area contributed by atoms with Gasteiger partial charge in [-0.1, -0.05) is 0 Å². The van der Waals surface area contributed by atoms with E-state index in [-0.39, 0.29) is 37.1 Å². The molecule has 12 heteroatoms. The number of alkyl halides is 4. The van der Waals surface area contributed by atoms with E-state index in [0.29, 0.717) is 11.8 Å². The monoisotopic (exact) mass is 388 g/mol. The van der Waals surface area contributed by atoms with Crippen molar-refractivity contribution in [2.24, 2.45) is 0 Å². The van der Waals surface area contributed by atoms with E-state index in [0.717, 1.165) is 6.20 Å². The van der Waals surface area contributed by atoms with Gasteiger partial charge in [-0.3, -0.25) is 4.79 Å². The molecular weight excluding hydrogens is 372 g/mol. The van der Waals surface area contributed by atoms with Crippen LogP contribution in [0.25, 0.3) is 5.82 Å². The van der Waals surface area contributed by atoms with Crippen LogP contribution in [-0.2, 0) is 17.5 Å². The van der Waals surface area contributed by atoms with Gasteiger partial charge in [-0.05, 0) is 0 Å². The molecule has 0 spiro atoms. The van der Waals surface area contributed by atoms with E-state index in [1.807, 2.05) is 0 Å². The van der Waals surface area contributed by atoms with E-state index in [1.165, 1.54) is 18.0 Å². The summed E-state index contributed by atoms with van der Waals surface area (Å²) in [4.78, 5) is 19.1. The number of amides is 1. The normalized spacial score (nSPS) is 19.9. The van der Waals surface area contributed by atoms with E-state index in [4.69, 9.17) is 4.74 Å². The topological polar surface area (TPSA) is 94.0 Å². The minimum atomic E-state index is -4.59. The quantitative estimate of drug-likeness (QED) is 0.743. The lowest BCUT2D eigenvalue weighted by molar-refractivity contribution is -0.141. The minimum absolute atomic E-state index is 0.0468. The van der Waals surface area contributed by atoms with Crippen molar-refractivity contribution in [1.82, 2.24) is 30.4 Å². The fraction of sp³-hybridized carbons (Fsp3) is 0.467. The SMILES string of the molecule is COc1nn(-c2cnc(C(F)(F)F)cn2)cc1CNC(=O)[C@H]1C[C@@H](F)CN1. The van der Waals surface area contributed by atoms with Crippen LogP contribution in [0.1, 0.15) is 17.7 Å². The molecular formula is C15H16F4N6O2. The number of aromatic nitrogens is 4. The molecule has 0 radical (unpaired) electrons. The molecule has 27 heavy (non-hydrogen) atoms. The smallest absolute Gasteiger partial charge is 0.434 e. The van der Waals surface area contributed by atoms with E-state index < -0.39 is 24.1 Å². The van der Waals surface area contributed by atoms with Gasteiger partial charge in [0.1, 0.15) is 6.17 Å². The molecule has 1 amide bonds. The Morgan fingerprint density at radius 1 is 1.41 bits per heavy atom.